The SMILES string of the molecule is CO[C@H]1C[C@H](c2nc(-c3sc4c(N[C@@H]5CCN(S(C)(=O)=O)C[C@@H]5F)cccc4c3SC(F)(F)F)no2)NC1=O. The van der Waals surface area contributed by atoms with Gasteiger partial charge in [-0.05, 0) is 24.2 Å². The van der Waals surface area contributed by atoms with E-state index in [1.54, 1.807) is 12.1 Å². The molecule has 0 unspecified atom stereocenters. The molecule has 4 atom stereocenters. The Bertz CT molecular complexity index is 1490. The number of thioether (sulfide) groups is 1. The lowest BCUT2D eigenvalue weighted by atomic mass is 10.0. The summed E-state index contributed by atoms with van der Waals surface area (Å²) in [5.74, 6) is -0.403. The van der Waals surface area contributed by atoms with Crippen LogP contribution in [-0.2, 0) is 19.6 Å². The van der Waals surface area contributed by atoms with E-state index in [4.69, 9.17) is 9.26 Å². The van der Waals surface area contributed by atoms with Crippen LogP contribution in [0.15, 0.2) is 27.6 Å². The predicted molar refractivity (Wildman–Crippen MR) is 137 cm³/mol. The maximum absolute atomic E-state index is 14.9. The highest BCUT2D eigenvalue weighted by Crippen LogP contribution is 2.51. The zero-order valence-electron chi connectivity index (χ0n) is 20.5. The van der Waals surface area contributed by atoms with Gasteiger partial charge in [0.2, 0.25) is 27.6 Å². The molecule has 2 aliphatic heterocycles. The number of ether oxygens (including phenoxy) is 1. The Hall–Kier alpha value is -2.47. The Morgan fingerprint density at radius 1 is 1.33 bits per heavy atom. The lowest BCUT2D eigenvalue weighted by Crippen LogP contribution is -2.49. The summed E-state index contributed by atoms with van der Waals surface area (Å²) < 4.78 is 91.2. The van der Waals surface area contributed by atoms with Gasteiger partial charge in [-0.1, -0.05) is 17.3 Å². The molecule has 0 saturated carbocycles. The van der Waals surface area contributed by atoms with Crippen molar-refractivity contribution in [3.05, 3.63) is 24.1 Å². The zero-order chi connectivity index (χ0) is 28.1. The first-order valence-electron chi connectivity index (χ1n) is 11.7. The molecule has 0 bridgehead atoms. The second-order valence-electron chi connectivity index (χ2n) is 9.14. The van der Waals surface area contributed by atoms with Crippen molar-refractivity contribution in [2.45, 2.75) is 47.6 Å². The predicted octanol–water partition coefficient (Wildman–Crippen LogP) is 3.92. The highest BCUT2D eigenvalue weighted by molar-refractivity contribution is 8.00. The second kappa shape index (κ2) is 10.5. The van der Waals surface area contributed by atoms with Gasteiger partial charge >= 0.3 is 5.51 Å². The van der Waals surface area contributed by atoms with Gasteiger partial charge in [-0.15, -0.1) is 11.3 Å². The minimum atomic E-state index is -4.62. The number of hydrogen-bond acceptors (Lipinski definition) is 10. The van der Waals surface area contributed by atoms with E-state index in [1.165, 1.54) is 13.2 Å². The fourth-order valence-electron chi connectivity index (χ4n) is 4.59. The van der Waals surface area contributed by atoms with Crippen LogP contribution in [0.4, 0.5) is 23.2 Å². The highest BCUT2D eigenvalue weighted by Gasteiger charge is 2.38. The van der Waals surface area contributed by atoms with E-state index < -0.39 is 39.9 Å². The summed E-state index contributed by atoms with van der Waals surface area (Å²) in [6.07, 6.45) is -0.810. The van der Waals surface area contributed by atoms with Crippen LogP contribution >= 0.6 is 23.1 Å². The van der Waals surface area contributed by atoms with Crippen molar-refractivity contribution >= 4 is 54.8 Å². The first kappa shape index (κ1) is 28.1. The molecule has 5 rings (SSSR count). The summed E-state index contributed by atoms with van der Waals surface area (Å²) >= 11 is 0.678. The zero-order valence-corrected chi connectivity index (χ0v) is 22.9. The largest absolute Gasteiger partial charge is 0.446 e. The third-order valence-electron chi connectivity index (χ3n) is 6.49. The number of alkyl halides is 4. The maximum Gasteiger partial charge on any atom is 0.446 e. The number of carbonyl (C=O) groups is 1. The number of thiophene rings is 1. The second-order valence-corrected chi connectivity index (χ2v) is 13.2. The van der Waals surface area contributed by atoms with Gasteiger partial charge in [0.05, 0.1) is 27.6 Å². The van der Waals surface area contributed by atoms with Gasteiger partial charge in [-0.3, -0.25) is 4.79 Å². The fraction of sp³-hybridized carbons (Fsp3) is 0.500. The van der Waals surface area contributed by atoms with E-state index in [1.807, 2.05) is 0 Å². The van der Waals surface area contributed by atoms with E-state index in [2.05, 4.69) is 20.8 Å². The molecular weight excluding hydrogens is 586 g/mol. The standard InChI is InChI=1S/C22H23F4N5O5S3/c1-35-15-8-14(28-20(15)32)21-29-19(30-36-21)18-17(38-22(24,25)26)10-4-3-5-13(16(10)37-18)27-12-6-7-31(9-11(12)23)39(2,33)34/h3-5,11-12,14-15,27H,6-9H2,1-2H3,(H,28,32)/t11-,12+,14+,15-/m0/s1. The number of amides is 1. The Labute approximate surface area is 228 Å². The van der Waals surface area contributed by atoms with Crippen LogP contribution < -0.4 is 10.6 Å². The molecule has 0 aliphatic carbocycles. The average Bonchev–Trinajstić information content (AvgIpc) is 3.56. The lowest BCUT2D eigenvalue weighted by molar-refractivity contribution is -0.127. The molecule has 4 heterocycles. The smallest absolute Gasteiger partial charge is 0.378 e. The van der Waals surface area contributed by atoms with Crippen LogP contribution in [0.25, 0.3) is 20.8 Å². The quantitative estimate of drug-likeness (QED) is 0.303. The number of nitrogens with zero attached hydrogens (tertiary/aromatic N) is 3. The molecule has 1 amide bonds. The normalized spacial score (nSPS) is 24.8. The first-order valence-corrected chi connectivity index (χ1v) is 15.2. The third-order valence-corrected chi connectivity index (χ3v) is 9.98. The number of piperidine rings is 1. The van der Waals surface area contributed by atoms with Crippen molar-refractivity contribution in [1.29, 1.82) is 0 Å². The Kier molecular flexibility index (Phi) is 7.56. The number of nitrogens with one attached hydrogen (secondary N) is 2. The third kappa shape index (κ3) is 5.86. The van der Waals surface area contributed by atoms with Gasteiger partial charge in [0.15, 0.2) is 0 Å². The fourth-order valence-corrected chi connectivity index (χ4v) is 7.55. The van der Waals surface area contributed by atoms with E-state index in [9.17, 15) is 30.8 Å². The average molecular weight is 610 g/mol. The number of sulfonamides is 1. The van der Waals surface area contributed by atoms with Crippen LogP contribution in [0.5, 0.6) is 0 Å². The summed E-state index contributed by atoms with van der Waals surface area (Å²) in [7, 11) is -2.16. The summed E-state index contributed by atoms with van der Waals surface area (Å²) in [4.78, 5) is 16.2. The number of aromatic nitrogens is 2. The summed E-state index contributed by atoms with van der Waals surface area (Å²) in [5.41, 5.74) is -4.21. The summed E-state index contributed by atoms with van der Waals surface area (Å²) in [5, 5.41) is 9.88. The molecule has 0 radical (unpaired) electrons. The molecule has 2 aromatic heterocycles. The summed E-state index contributed by atoms with van der Waals surface area (Å²) in [6, 6.07) is 3.32. The molecule has 0 spiro atoms. The lowest BCUT2D eigenvalue weighted by Gasteiger charge is -2.34. The van der Waals surface area contributed by atoms with Gasteiger partial charge in [-0.2, -0.15) is 22.5 Å². The molecule has 212 valence electrons. The molecule has 2 saturated heterocycles. The van der Waals surface area contributed by atoms with Crippen molar-refractivity contribution in [2.75, 3.05) is 31.8 Å². The van der Waals surface area contributed by atoms with Crippen molar-refractivity contribution in [3.8, 4) is 10.7 Å². The van der Waals surface area contributed by atoms with Crippen molar-refractivity contribution < 1.29 is 40.0 Å². The van der Waals surface area contributed by atoms with Crippen LogP contribution in [0, 0.1) is 0 Å². The Morgan fingerprint density at radius 3 is 2.74 bits per heavy atom. The number of carbonyl (C=O) groups excluding carboxylic acids is 1. The molecular formula is C22H23F4N5O5S3. The van der Waals surface area contributed by atoms with Crippen molar-refractivity contribution in [3.63, 3.8) is 0 Å². The van der Waals surface area contributed by atoms with Gasteiger partial charge in [0, 0.05) is 36.9 Å². The molecule has 3 aromatic rings. The van der Waals surface area contributed by atoms with Crippen LogP contribution in [0.3, 0.4) is 0 Å². The van der Waals surface area contributed by atoms with E-state index in [0.29, 0.717) is 10.4 Å². The number of halogens is 4. The minimum absolute atomic E-state index is 0.0366. The van der Waals surface area contributed by atoms with Gasteiger partial charge in [-0.25, -0.2) is 12.8 Å². The molecule has 2 fully saturated rings. The van der Waals surface area contributed by atoms with Gasteiger partial charge in [0.25, 0.3) is 0 Å². The van der Waals surface area contributed by atoms with Gasteiger partial charge in [0.1, 0.15) is 18.3 Å². The molecule has 39 heavy (non-hydrogen) atoms. The summed E-state index contributed by atoms with van der Waals surface area (Å²) in [6.45, 7) is -0.199. The number of rotatable bonds is 7. The number of fused-ring (bicyclic) bond motifs is 1. The molecule has 17 heteroatoms. The van der Waals surface area contributed by atoms with E-state index in [-0.39, 0.29) is 70.5 Å². The first-order chi connectivity index (χ1) is 18.3. The Morgan fingerprint density at radius 2 is 2.10 bits per heavy atom. The van der Waals surface area contributed by atoms with Crippen molar-refractivity contribution in [1.82, 2.24) is 19.8 Å². The topological polar surface area (TPSA) is 127 Å². The van der Waals surface area contributed by atoms with E-state index in [0.717, 1.165) is 21.9 Å². The monoisotopic (exact) mass is 609 g/mol. The van der Waals surface area contributed by atoms with Crippen molar-refractivity contribution in [2.24, 2.45) is 0 Å². The molecule has 1 aromatic carbocycles. The van der Waals surface area contributed by atoms with Crippen LogP contribution in [0.2, 0.25) is 0 Å². The Balaban J connectivity index is 1.48. The van der Waals surface area contributed by atoms with Crippen LogP contribution in [-0.4, -0.2) is 79.1 Å². The van der Waals surface area contributed by atoms with E-state index >= 15 is 0 Å². The number of anilines is 1. The molecule has 2 aliphatic rings. The number of benzene rings is 1. The minimum Gasteiger partial charge on any atom is -0.378 e. The molecule has 2 N–H and O–H groups in total. The number of hydrogen-bond donors (Lipinski definition) is 2. The highest BCUT2D eigenvalue weighted by atomic mass is 32.2. The van der Waals surface area contributed by atoms with Crippen LogP contribution in [0.1, 0.15) is 24.8 Å². The maximum atomic E-state index is 14.9. The number of methoxy groups -OCH3 is 1. The van der Waals surface area contributed by atoms with Gasteiger partial charge < -0.3 is 19.9 Å². The molecule has 10 nitrogen and oxygen atoms in total.